The summed E-state index contributed by atoms with van der Waals surface area (Å²) in [6.07, 6.45) is 1.06. The van der Waals surface area contributed by atoms with Gasteiger partial charge in [-0.2, -0.15) is 0 Å². The second-order valence-electron chi connectivity index (χ2n) is 4.48. The zero-order valence-electron chi connectivity index (χ0n) is 10.3. The highest BCUT2D eigenvalue weighted by molar-refractivity contribution is 9.10. The molecule has 1 nitrogen and oxygen atoms in total. The number of anilines is 1. The van der Waals surface area contributed by atoms with Gasteiger partial charge in [0.15, 0.2) is 0 Å². The highest BCUT2D eigenvalue weighted by Gasteiger charge is 2.13. The Hall–Kier alpha value is -0.570. The van der Waals surface area contributed by atoms with Crippen LogP contribution < -0.4 is 5.32 Å². The third kappa shape index (κ3) is 3.21. The van der Waals surface area contributed by atoms with E-state index in [1.165, 1.54) is 0 Å². The number of aryl methyl sites for hydroxylation is 1. The largest absolute Gasteiger partial charge is 0.382 e. The molecule has 0 radical (unpaired) electrons. The Morgan fingerprint density at radius 3 is 2.50 bits per heavy atom. The summed E-state index contributed by atoms with van der Waals surface area (Å²) in [5.41, 5.74) is 1.95. The molecular weight excluding hydrogens is 269 g/mol. The molecule has 1 rings (SSSR count). The Morgan fingerprint density at radius 2 is 2.00 bits per heavy atom. The molecule has 3 heteroatoms. The van der Waals surface area contributed by atoms with Crippen molar-refractivity contribution in [2.24, 2.45) is 5.92 Å². The first-order chi connectivity index (χ1) is 7.45. The van der Waals surface area contributed by atoms with Gasteiger partial charge >= 0.3 is 0 Å². The van der Waals surface area contributed by atoms with Crippen LogP contribution in [-0.2, 0) is 0 Å². The topological polar surface area (TPSA) is 12.0 Å². The minimum Gasteiger partial charge on any atom is -0.382 e. The van der Waals surface area contributed by atoms with Gasteiger partial charge in [-0.1, -0.05) is 20.8 Å². The van der Waals surface area contributed by atoms with Crippen molar-refractivity contribution in [3.05, 3.63) is 28.0 Å². The highest BCUT2D eigenvalue weighted by atomic mass is 79.9. The van der Waals surface area contributed by atoms with Crippen molar-refractivity contribution in [1.29, 1.82) is 0 Å². The molecule has 0 amide bonds. The van der Waals surface area contributed by atoms with Gasteiger partial charge in [-0.05, 0) is 52.9 Å². The number of hydrogen-bond acceptors (Lipinski definition) is 1. The molecule has 1 unspecified atom stereocenters. The normalized spacial score (nSPS) is 12.9. The summed E-state index contributed by atoms with van der Waals surface area (Å²) >= 11 is 3.21. The summed E-state index contributed by atoms with van der Waals surface area (Å²) in [5.74, 6) is 0.355. The van der Waals surface area contributed by atoms with Gasteiger partial charge in [0, 0.05) is 11.7 Å². The molecule has 0 saturated carbocycles. The Kier molecular flexibility index (Phi) is 4.78. The van der Waals surface area contributed by atoms with Gasteiger partial charge in [-0.25, -0.2) is 4.39 Å². The number of rotatable bonds is 4. The van der Waals surface area contributed by atoms with Gasteiger partial charge < -0.3 is 5.32 Å². The van der Waals surface area contributed by atoms with Crippen LogP contribution in [0, 0.1) is 18.7 Å². The minimum atomic E-state index is -0.208. The van der Waals surface area contributed by atoms with E-state index in [0.29, 0.717) is 16.4 Å². The molecule has 0 aromatic heterocycles. The van der Waals surface area contributed by atoms with Crippen molar-refractivity contribution in [1.82, 2.24) is 0 Å². The predicted molar refractivity (Wildman–Crippen MR) is 71.4 cm³/mol. The Morgan fingerprint density at radius 1 is 1.38 bits per heavy atom. The van der Waals surface area contributed by atoms with E-state index in [1.54, 1.807) is 6.07 Å². The maximum atomic E-state index is 13.3. The van der Waals surface area contributed by atoms with E-state index in [-0.39, 0.29) is 5.82 Å². The molecule has 16 heavy (non-hydrogen) atoms. The molecule has 0 heterocycles. The third-order valence-electron chi connectivity index (χ3n) is 2.85. The average molecular weight is 288 g/mol. The van der Waals surface area contributed by atoms with Crippen molar-refractivity contribution in [2.75, 3.05) is 5.32 Å². The van der Waals surface area contributed by atoms with E-state index in [2.05, 4.69) is 42.0 Å². The van der Waals surface area contributed by atoms with Gasteiger partial charge in [-0.15, -0.1) is 0 Å². The Balaban J connectivity index is 2.92. The standard InChI is InChI=1S/C13H19BrFN/c1-5-12(8(2)3)16-13-7-10(14)11(15)6-9(13)4/h6-8,12,16H,5H2,1-4H3. The summed E-state index contributed by atoms with van der Waals surface area (Å²) in [4.78, 5) is 0. The van der Waals surface area contributed by atoms with Gasteiger partial charge in [-0.3, -0.25) is 0 Å². The third-order valence-corrected chi connectivity index (χ3v) is 3.46. The van der Waals surface area contributed by atoms with E-state index in [9.17, 15) is 4.39 Å². The van der Waals surface area contributed by atoms with Crippen molar-refractivity contribution >= 4 is 21.6 Å². The van der Waals surface area contributed by atoms with Crippen LogP contribution in [0.5, 0.6) is 0 Å². The first-order valence-corrected chi connectivity index (χ1v) is 6.47. The molecule has 0 aliphatic carbocycles. The zero-order chi connectivity index (χ0) is 12.3. The molecule has 0 fully saturated rings. The molecule has 0 bridgehead atoms. The number of hydrogen-bond donors (Lipinski definition) is 1. The molecule has 0 spiro atoms. The van der Waals surface area contributed by atoms with Crippen LogP contribution in [0.4, 0.5) is 10.1 Å². The maximum absolute atomic E-state index is 13.3. The molecular formula is C13H19BrFN. The number of benzene rings is 1. The van der Waals surface area contributed by atoms with Gasteiger partial charge in [0.05, 0.1) is 4.47 Å². The van der Waals surface area contributed by atoms with E-state index in [0.717, 1.165) is 17.7 Å². The number of nitrogens with one attached hydrogen (secondary N) is 1. The molecule has 1 aromatic rings. The fourth-order valence-electron chi connectivity index (χ4n) is 1.74. The first kappa shape index (κ1) is 13.5. The Bertz CT molecular complexity index is 363. The van der Waals surface area contributed by atoms with Gasteiger partial charge in [0.25, 0.3) is 0 Å². The second kappa shape index (κ2) is 5.67. The van der Waals surface area contributed by atoms with E-state index in [4.69, 9.17) is 0 Å². The lowest BCUT2D eigenvalue weighted by Gasteiger charge is -2.23. The van der Waals surface area contributed by atoms with Crippen LogP contribution in [0.3, 0.4) is 0 Å². The second-order valence-corrected chi connectivity index (χ2v) is 5.34. The fourth-order valence-corrected chi connectivity index (χ4v) is 2.09. The molecule has 0 aliphatic heterocycles. The SMILES string of the molecule is CCC(Nc1cc(Br)c(F)cc1C)C(C)C. The van der Waals surface area contributed by atoms with E-state index >= 15 is 0 Å². The van der Waals surface area contributed by atoms with E-state index < -0.39 is 0 Å². The summed E-state index contributed by atoms with van der Waals surface area (Å²) in [6.45, 7) is 8.46. The molecule has 1 aromatic carbocycles. The maximum Gasteiger partial charge on any atom is 0.137 e. The molecule has 0 saturated heterocycles. The van der Waals surface area contributed by atoms with Crippen LogP contribution in [0.25, 0.3) is 0 Å². The summed E-state index contributed by atoms with van der Waals surface area (Å²) < 4.78 is 13.8. The Labute approximate surface area is 106 Å². The van der Waals surface area contributed by atoms with Crippen LogP contribution >= 0.6 is 15.9 Å². The summed E-state index contributed by atoms with van der Waals surface area (Å²) in [5, 5.41) is 3.47. The van der Waals surface area contributed by atoms with Crippen molar-refractivity contribution in [3.63, 3.8) is 0 Å². The number of halogens is 2. The molecule has 1 N–H and O–H groups in total. The lowest BCUT2D eigenvalue weighted by atomic mass is 10.0. The lowest BCUT2D eigenvalue weighted by Crippen LogP contribution is -2.25. The smallest absolute Gasteiger partial charge is 0.137 e. The zero-order valence-corrected chi connectivity index (χ0v) is 11.9. The van der Waals surface area contributed by atoms with Crippen LogP contribution in [0.2, 0.25) is 0 Å². The quantitative estimate of drug-likeness (QED) is 0.843. The highest BCUT2D eigenvalue weighted by Crippen LogP contribution is 2.26. The predicted octanol–water partition coefficient (Wildman–Crippen LogP) is 4.74. The van der Waals surface area contributed by atoms with Gasteiger partial charge in [0.1, 0.15) is 5.82 Å². The van der Waals surface area contributed by atoms with Crippen molar-refractivity contribution in [2.45, 2.75) is 40.2 Å². The summed E-state index contributed by atoms with van der Waals surface area (Å²) in [6, 6.07) is 3.80. The van der Waals surface area contributed by atoms with Crippen molar-refractivity contribution in [3.8, 4) is 0 Å². The average Bonchev–Trinajstić information content (AvgIpc) is 2.21. The van der Waals surface area contributed by atoms with Crippen LogP contribution in [0.1, 0.15) is 32.8 Å². The molecule has 0 aliphatic rings. The summed E-state index contributed by atoms with van der Waals surface area (Å²) in [7, 11) is 0. The van der Waals surface area contributed by atoms with E-state index in [1.807, 2.05) is 13.0 Å². The minimum absolute atomic E-state index is 0.208. The van der Waals surface area contributed by atoms with Gasteiger partial charge in [0.2, 0.25) is 0 Å². The van der Waals surface area contributed by atoms with Crippen LogP contribution in [-0.4, -0.2) is 6.04 Å². The van der Waals surface area contributed by atoms with Crippen LogP contribution in [0.15, 0.2) is 16.6 Å². The molecule has 90 valence electrons. The molecule has 1 atom stereocenters. The lowest BCUT2D eigenvalue weighted by molar-refractivity contribution is 0.511. The van der Waals surface area contributed by atoms with Crippen molar-refractivity contribution < 1.29 is 4.39 Å². The first-order valence-electron chi connectivity index (χ1n) is 5.67. The fraction of sp³-hybridized carbons (Fsp3) is 0.538. The monoisotopic (exact) mass is 287 g/mol.